The zero-order chi connectivity index (χ0) is 30.1. The van der Waals surface area contributed by atoms with Gasteiger partial charge in [0.05, 0.1) is 5.69 Å². The Morgan fingerprint density at radius 3 is 1.98 bits per heavy atom. The van der Waals surface area contributed by atoms with Crippen molar-refractivity contribution in [1.29, 1.82) is 0 Å². The van der Waals surface area contributed by atoms with Crippen molar-refractivity contribution in [2.45, 2.75) is 6.92 Å². The molecule has 0 aliphatic carbocycles. The molecule has 45 heavy (non-hydrogen) atoms. The first-order chi connectivity index (χ1) is 22.1. The smallest absolute Gasteiger partial charge is 0.0540 e. The number of halogens is 1. The first-order valence-electron chi connectivity index (χ1n) is 15.4. The van der Waals surface area contributed by atoms with Crippen molar-refractivity contribution in [2.75, 3.05) is 4.90 Å². The quantitative estimate of drug-likeness (QED) is 0.173. The van der Waals surface area contributed by atoms with E-state index in [4.69, 9.17) is 0 Å². The number of hydrogen-bond donors (Lipinski definition) is 0. The van der Waals surface area contributed by atoms with Gasteiger partial charge >= 0.3 is 0 Å². The van der Waals surface area contributed by atoms with Gasteiger partial charge in [0.15, 0.2) is 0 Å². The molecule has 0 amide bonds. The highest BCUT2D eigenvalue weighted by molar-refractivity contribution is 9.10. The molecule has 0 spiro atoms. The summed E-state index contributed by atoms with van der Waals surface area (Å²) in [5.41, 5.74) is 7.22. The van der Waals surface area contributed by atoms with E-state index in [9.17, 15) is 0 Å². The lowest BCUT2D eigenvalue weighted by Crippen LogP contribution is -2.10. The zero-order valence-corrected chi connectivity index (χ0v) is 26.3. The third-order valence-corrected chi connectivity index (χ3v) is 10.1. The van der Waals surface area contributed by atoms with Gasteiger partial charge in [0.1, 0.15) is 0 Å². The number of anilines is 3. The molecular formula is C43H28BrN. The van der Waals surface area contributed by atoms with Crippen LogP contribution in [0.5, 0.6) is 0 Å². The molecule has 0 bridgehead atoms. The Hall–Kier alpha value is -5.18. The molecule has 9 aromatic rings. The van der Waals surface area contributed by atoms with Gasteiger partial charge in [-0.05, 0) is 108 Å². The van der Waals surface area contributed by atoms with Gasteiger partial charge in [0, 0.05) is 21.2 Å². The Morgan fingerprint density at radius 2 is 1.11 bits per heavy atom. The number of nitrogens with zero attached hydrogens (tertiary/aromatic N) is 1. The van der Waals surface area contributed by atoms with Crippen LogP contribution in [0, 0.1) is 6.92 Å². The molecule has 0 N–H and O–H groups in total. The third kappa shape index (κ3) is 4.13. The molecule has 0 aliphatic heterocycles. The Balaban J connectivity index is 1.24. The minimum absolute atomic E-state index is 1.13. The Labute approximate surface area is 270 Å². The van der Waals surface area contributed by atoms with Crippen molar-refractivity contribution >= 4 is 86.9 Å². The first-order valence-corrected chi connectivity index (χ1v) is 16.2. The maximum Gasteiger partial charge on any atom is 0.0540 e. The standard InChI is InChI=1S/C43H28BrN/c1-27-25-39(37-21-16-31-17-24-40(44)38-23-22-35(27)43(37)42(31)38)30-14-18-33(19-15-30)45(34-20-13-28-7-2-3-9-32(28)26-34)41-12-6-10-29-8-4-5-11-36(29)41/h2-26H,1H3. The Kier molecular flexibility index (Phi) is 5.94. The van der Waals surface area contributed by atoms with Crippen molar-refractivity contribution in [2.24, 2.45) is 0 Å². The monoisotopic (exact) mass is 637 g/mol. The summed E-state index contributed by atoms with van der Waals surface area (Å²) in [4.78, 5) is 2.39. The molecule has 0 saturated heterocycles. The van der Waals surface area contributed by atoms with Crippen LogP contribution < -0.4 is 4.90 Å². The molecule has 212 valence electrons. The van der Waals surface area contributed by atoms with Gasteiger partial charge in [0.2, 0.25) is 0 Å². The van der Waals surface area contributed by atoms with Crippen molar-refractivity contribution in [3.63, 3.8) is 0 Å². The molecule has 0 heterocycles. The van der Waals surface area contributed by atoms with Crippen LogP contribution in [0.2, 0.25) is 0 Å². The lowest BCUT2D eigenvalue weighted by molar-refractivity contribution is 1.30. The average Bonchev–Trinajstić information content (AvgIpc) is 3.09. The van der Waals surface area contributed by atoms with Crippen LogP contribution in [0.25, 0.3) is 65.0 Å². The van der Waals surface area contributed by atoms with Crippen LogP contribution in [0.1, 0.15) is 5.56 Å². The van der Waals surface area contributed by atoms with E-state index in [1.165, 1.54) is 76.2 Å². The summed E-state index contributed by atoms with van der Waals surface area (Å²) in [5.74, 6) is 0. The molecular weight excluding hydrogens is 610 g/mol. The second-order valence-electron chi connectivity index (χ2n) is 11.9. The van der Waals surface area contributed by atoms with Crippen LogP contribution in [-0.4, -0.2) is 0 Å². The van der Waals surface area contributed by atoms with Crippen LogP contribution in [-0.2, 0) is 0 Å². The normalized spacial score (nSPS) is 11.8. The predicted molar refractivity (Wildman–Crippen MR) is 198 cm³/mol. The highest BCUT2D eigenvalue weighted by atomic mass is 79.9. The predicted octanol–water partition coefficient (Wildman–Crippen LogP) is 13.1. The van der Waals surface area contributed by atoms with Gasteiger partial charge in [-0.15, -0.1) is 0 Å². The highest BCUT2D eigenvalue weighted by Crippen LogP contribution is 2.44. The van der Waals surface area contributed by atoms with Gasteiger partial charge in [-0.1, -0.05) is 131 Å². The van der Waals surface area contributed by atoms with Gasteiger partial charge in [-0.2, -0.15) is 0 Å². The van der Waals surface area contributed by atoms with Crippen LogP contribution in [0.4, 0.5) is 17.1 Å². The summed E-state index contributed by atoms with van der Waals surface area (Å²) in [6.45, 7) is 2.24. The van der Waals surface area contributed by atoms with Crippen molar-refractivity contribution in [3.05, 3.63) is 162 Å². The van der Waals surface area contributed by atoms with E-state index in [-0.39, 0.29) is 0 Å². The minimum Gasteiger partial charge on any atom is -0.310 e. The molecule has 0 fully saturated rings. The SMILES string of the molecule is Cc1cc(-c2ccc(N(c3ccc4ccccc4c3)c3cccc4ccccc34)cc2)c2ccc3ccc(Br)c4ccc1c2c34. The molecule has 0 aliphatic rings. The minimum atomic E-state index is 1.13. The summed E-state index contributed by atoms with van der Waals surface area (Å²) in [7, 11) is 0. The highest BCUT2D eigenvalue weighted by Gasteiger charge is 2.18. The van der Waals surface area contributed by atoms with E-state index >= 15 is 0 Å². The largest absolute Gasteiger partial charge is 0.310 e. The summed E-state index contributed by atoms with van der Waals surface area (Å²) in [6, 6.07) is 55.5. The summed E-state index contributed by atoms with van der Waals surface area (Å²) in [5, 5.41) is 12.8. The second kappa shape index (κ2) is 10.2. The van der Waals surface area contributed by atoms with E-state index < -0.39 is 0 Å². The molecule has 0 radical (unpaired) electrons. The molecule has 0 unspecified atom stereocenters. The maximum absolute atomic E-state index is 3.81. The van der Waals surface area contributed by atoms with Crippen LogP contribution in [0.15, 0.2) is 156 Å². The fourth-order valence-electron chi connectivity index (χ4n) is 7.21. The van der Waals surface area contributed by atoms with E-state index in [0.717, 1.165) is 15.8 Å². The molecule has 1 nitrogen and oxygen atoms in total. The van der Waals surface area contributed by atoms with Gasteiger partial charge in [-0.3, -0.25) is 0 Å². The fourth-order valence-corrected chi connectivity index (χ4v) is 7.68. The van der Waals surface area contributed by atoms with Crippen molar-refractivity contribution in [1.82, 2.24) is 0 Å². The Bertz CT molecular complexity index is 2560. The van der Waals surface area contributed by atoms with Gasteiger partial charge < -0.3 is 4.90 Å². The average molecular weight is 639 g/mol. The number of hydrogen-bond acceptors (Lipinski definition) is 1. The van der Waals surface area contributed by atoms with E-state index in [2.05, 4.69) is 179 Å². The van der Waals surface area contributed by atoms with Crippen molar-refractivity contribution in [3.8, 4) is 11.1 Å². The first kappa shape index (κ1) is 26.2. The molecule has 2 heteroatoms. The number of fused-ring (bicyclic) bond motifs is 2. The topological polar surface area (TPSA) is 3.24 Å². The number of aryl methyl sites for hydroxylation is 1. The van der Waals surface area contributed by atoms with Crippen LogP contribution in [0.3, 0.4) is 0 Å². The lowest BCUT2D eigenvalue weighted by Gasteiger charge is -2.27. The van der Waals surface area contributed by atoms with Gasteiger partial charge in [-0.25, -0.2) is 0 Å². The zero-order valence-electron chi connectivity index (χ0n) is 24.8. The molecule has 0 aromatic heterocycles. The molecule has 0 atom stereocenters. The number of rotatable bonds is 4. The molecule has 9 rings (SSSR count). The van der Waals surface area contributed by atoms with E-state index in [1.54, 1.807) is 0 Å². The number of benzene rings is 9. The van der Waals surface area contributed by atoms with E-state index in [0.29, 0.717) is 0 Å². The Morgan fingerprint density at radius 1 is 0.444 bits per heavy atom. The second-order valence-corrected chi connectivity index (χ2v) is 12.8. The summed E-state index contributed by atoms with van der Waals surface area (Å²) >= 11 is 3.81. The van der Waals surface area contributed by atoms with Gasteiger partial charge in [0.25, 0.3) is 0 Å². The van der Waals surface area contributed by atoms with Crippen molar-refractivity contribution < 1.29 is 0 Å². The lowest BCUT2D eigenvalue weighted by atomic mass is 9.87. The molecule has 0 saturated carbocycles. The summed E-state index contributed by atoms with van der Waals surface area (Å²) < 4.78 is 1.14. The fraction of sp³-hybridized carbons (Fsp3) is 0.0233. The third-order valence-electron chi connectivity index (χ3n) is 9.37. The van der Waals surface area contributed by atoms with Crippen LogP contribution >= 0.6 is 15.9 Å². The van der Waals surface area contributed by atoms with E-state index in [1.807, 2.05) is 0 Å². The maximum atomic E-state index is 3.81. The molecule has 9 aromatic carbocycles. The summed E-state index contributed by atoms with van der Waals surface area (Å²) in [6.07, 6.45) is 0.